The molecular formula is C22H28F6N2O7. The highest BCUT2D eigenvalue weighted by Gasteiger charge is 2.46. The quantitative estimate of drug-likeness (QED) is 0.548. The minimum Gasteiger partial charge on any atom is -0.475 e. The van der Waals surface area contributed by atoms with Gasteiger partial charge in [0.25, 0.3) is 0 Å². The second-order valence-electron chi connectivity index (χ2n) is 8.75. The van der Waals surface area contributed by atoms with E-state index in [1.54, 1.807) is 6.20 Å². The number of aliphatic carboxylic acids is 2. The van der Waals surface area contributed by atoms with Crippen LogP contribution in [-0.2, 0) is 19.1 Å². The van der Waals surface area contributed by atoms with E-state index in [9.17, 15) is 26.3 Å². The van der Waals surface area contributed by atoms with E-state index in [1.165, 1.54) is 19.4 Å². The van der Waals surface area contributed by atoms with Crippen LogP contribution in [-0.4, -0.2) is 95.5 Å². The first kappa shape index (κ1) is 30.6. The Morgan fingerprint density at radius 1 is 1.08 bits per heavy atom. The van der Waals surface area contributed by atoms with E-state index in [-0.39, 0.29) is 11.7 Å². The van der Waals surface area contributed by atoms with Gasteiger partial charge in [-0.15, -0.1) is 0 Å². The standard InChI is InChI=1S/C18H26N2O3.2C2HF3O2/c1-2-7-19-17(3-1)23-16-11-18(22-13-16)6-8-20(14-18)12-15-4-9-21-10-5-15;2*3-2(4,5)1(6)7/h1-3,7,15-16H,4-6,8-14H2;2*(H,6,7)/t16-,18+;;/m1../s1. The summed E-state index contributed by atoms with van der Waals surface area (Å²) >= 11 is 0. The predicted molar refractivity (Wildman–Crippen MR) is 114 cm³/mol. The van der Waals surface area contributed by atoms with Crippen LogP contribution in [0.4, 0.5) is 26.3 Å². The van der Waals surface area contributed by atoms with Crippen molar-refractivity contribution in [3.05, 3.63) is 24.4 Å². The van der Waals surface area contributed by atoms with Crippen molar-refractivity contribution in [3.63, 3.8) is 0 Å². The molecule has 2 atom stereocenters. The van der Waals surface area contributed by atoms with E-state index in [4.69, 9.17) is 34.0 Å². The van der Waals surface area contributed by atoms with Crippen LogP contribution in [0.25, 0.3) is 0 Å². The lowest BCUT2D eigenvalue weighted by Crippen LogP contribution is -2.36. The van der Waals surface area contributed by atoms with Crippen molar-refractivity contribution in [3.8, 4) is 5.88 Å². The Morgan fingerprint density at radius 2 is 1.68 bits per heavy atom. The zero-order valence-corrected chi connectivity index (χ0v) is 19.6. The predicted octanol–water partition coefficient (Wildman–Crippen LogP) is 3.39. The third-order valence-corrected chi connectivity index (χ3v) is 5.84. The largest absolute Gasteiger partial charge is 0.490 e. The van der Waals surface area contributed by atoms with Crippen molar-refractivity contribution in [2.24, 2.45) is 5.92 Å². The molecule has 37 heavy (non-hydrogen) atoms. The average Bonchev–Trinajstić information content (AvgIpc) is 3.40. The Hall–Kier alpha value is -2.65. The highest BCUT2D eigenvalue weighted by Crippen LogP contribution is 2.37. The summed E-state index contributed by atoms with van der Waals surface area (Å²) in [5, 5.41) is 14.2. The van der Waals surface area contributed by atoms with E-state index in [1.807, 2.05) is 18.2 Å². The highest BCUT2D eigenvalue weighted by atomic mass is 19.4. The normalized spacial score (nSPS) is 24.5. The number of rotatable bonds is 4. The third-order valence-electron chi connectivity index (χ3n) is 5.84. The van der Waals surface area contributed by atoms with Gasteiger partial charge >= 0.3 is 24.3 Å². The fourth-order valence-corrected chi connectivity index (χ4v) is 4.13. The molecule has 9 nitrogen and oxygen atoms in total. The molecule has 3 fully saturated rings. The summed E-state index contributed by atoms with van der Waals surface area (Å²) in [7, 11) is 0. The molecule has 0 aromatic carbocycles. The van der Waals surface area contributed by atoms with Crippen molar-refractivity contribution < 1.29 is 60.4 Å². The maximum absolute atomic E-state index is 10.6. The van der Waals surface area contributed by atoms with Crippen LogP contribution in [0, 0.1) is 5.92 Å². The Morgan fingerprint density at radius 3 is 2.19 bits per heavy atom. The van der Waals surface area contributed by atoms with Gasteiger partial charge in [-0.1, -0.05) is 6.07 Å². The highest BCUT2D eigenvalue weighted by molar-refractivity contribution is 5.73. The molecule has 0 unspecified atom stereocenters. The van der Waals surface area contributed by atoms with E-state index in [0.29, 0.717) is 12.5 Å². The van der Waals surface area contributed by atoms with Crippen LogP contribution >= 0.6 is 0 Å². The number of carboxylic acid groups (broad SMARTS) is 2. The molecular weight excluding hydrogens is 518 g/mol. The molecule has 1 spiro atoms. The minimum atomic E-state index is -5.08. The number of hydrogen-bond acceptors (Lipinski definition) is 7. The lowest BCUT2D eigenvalue weighted by atomic mass is 9.98. The summed E-state index contributed by atoms with van der Waals surface area (Å²) in [6, 6.07) is 5.78. The van der Waals surface area contributed by atoms with Crippen molar-refractivity contribution in [2.45, 2.75) is 49.7 Å². The van der Waals surface area contributed by atoms with Gasteiger partial charge < -0.3 is 29.3 Å². The van der Waals surface area contributed by atoms with E-state index in [0.717, 1.165) is 45.1 Å². The van der Waals surface area contributed by atoms with Gasteiger partial charge in [0.05, 0.1) is 12.2 Å². The van der Waals surface area contributed by atoms with Gasteiger partial charge in [0.15, 0.2) is 0 Å². The zero-order valence-electron chi connectivity index (χ0n) is 19.6. The molecule has 4 heterocycles. The Labute approximate surface area is 208 Å². The fraction of sp³-hybridized carbons (Fsp3) is 0.682. The fourth-order valence-electron chi connectivity index (χ4n) is 4.13. The third kappa shape index (κ3) is 10.7. The van der Waals surface area contributed by atoms with Gasteiger partial charge in [0, 0.05) is 51.5 Å². The minimum absolute atomic E-state index is 0.00458. The first-order chi connectivity index (χ1) is 17.2. The Kier molecular flexibility index (Phi) is 10.9. The molecule has 3 aliphatic rings. The molecule has 1 aromatic rings. The lowest BCUT2D eigenvalue weighted by Gasteiger charge is -2.28. The van der Waals surface area contributed by atoms with Crippen molar-refractivity contribution in [1.29, 1.82) is 0 Å². The Balaban J connectivity index is 0.000000286. The van der Waals surface area contributed by atoms with Crippen LogP contribution in [0.1, 0.15) is 25.7 Å². The van der Waals surface area contributed by atoms with E-state index < -0.39 is 24.3 Å². The van der Waals surface area contributed by atoms with Crippen LogP contribution in [0.2, 0.25) is 0 Å². The van der Waals surface area contributed by atoms with Crippen LogP contribution in [0.5, 0.6) is 5.88 Å². The molecule has 0 aliphatic carbocycles. The van der Waals surface area contributed by atoms with Gasteiger partial charge in [-0.3, -0.25) is 0 Å². The number of carbonyl (C=O) groups is 2. The number of pyridine rings is 1. The number of halogens is 6. The van der Waals surface area contributed by atoms with Gasteiger partial charge in [0.2, 0.25) is 5.88 Å². The average molecular weight is 546 g/mol. The molecule has 1 aromatic heterocycles. The van der Waals surface area contributed by atoms with E-state index >= 15 is 0 Å². The second kappa shape index (κ2) is 13.2. The summed E-state index contributed by atoms with van der Waals surface area (Å²) < 4.78 is 81.1. The van der Waals surface area contributed by atoms with Gasteiger partial charge in [-0.05, 0) is 31.2 Å². The first-order valence-electron chi connectivity index (χ1n) is 11.3. The lowest BCUT2D eigenvalue weighted by molar-refractivity contribution is -0.193. The second-order valence-corrected chi connectivity index (χ2v) is 8.75. The number of likely N-dealkylation sites (tertiary alicyclic amines) is 1. The summed E-state index contributed by atoms with van der Waals surface area (Å²) in [5.41, 5.74) is 0.00458. The molecule has 2 N–H and O–H groups in total. The maximum atomic E-state index is 10.6. The number of ether oxygens (including phenoxy) is 3. The number of carboxylic acids is 2. The molecule has 0 bridgehead atoms. The molecule has 4 rings (SSSR count). The molecule has 0 radical (unpaired) electrons. The number of nitrogens with zero attached hydrogens (tertiary/aromatic N) is 2. The Bertz CT molecular complexity index is 841. The van der Waals surface area contributed by atoms with Crippen LogP contribution in [0.3, 0.4) is 0 Å². The summed E-state index contributed by atoms with van der Waals surface area (Å²) in [4.78, 5) is 24.6. The molecule has 3 aliphatic heterocycles. The number of hydrogen-bond donors (Lipinski definition) is 2. The van der Waals surface area contributed by atoms with Crippen molar-refractivity contribution in [2.75, 3.05) is 39.5 Å². The van der Waals surface area contributed by atoms with Crippen LogP contribution < -0.4 is 4.74 Å². The topological polar surface area (TPSA) is 118 Å². The van der Waals surface area contributed by atoms with E-state index in [2.05, 4.69) is 9.88 Å². The van der Waals surface area contributed by atoms with Crippen LogP contribution in [0.15, 0.2) is 24.4 Å². The first-order valence-corrected chi connectivity index (χ1v) is 11.3. The smallest absolute Gasteiger partial charge is 0.475 e. The molecule has 15 heteroatoms. The van der Waals surface area contributed by atoms with Crippen molar-refractivity contribution >= 4 is 11.9 Å². The summed E-state index contributed by atoms with van der Waals surface area (Å²) in [6.45, 7) is 5.93. The number of aromatic nitrogens is 1. The summed E-state index contributed by atoms with van der Waals surface area (Å²) in [5.74, 6) is -4.02. The number of alkyl halides is 6. The molecule has 0 amide bonds. The van der Waals surface area contributed by atoms with Gasteiger partial charge in [-0.2, -0.15) is 26.3 Å². The maximum Gasteiger partial charge on any atom is 0.490 e. The molecule has 0 saturated carbocycles. The molecule has 210 valence electrons. The van der Waals surface area contributed by atoms with Crippen molar-refractivity contribution in [1.82, 2.24) is 9.88 Å². The van der Waals surface area contributed by atoms with Gasteiger partial charge in [-0.25, -0.2) is 14.6 Å². The molecule has 3 saturated heterocycles. The monoisotopic (exact) mass is 546 g/mol. The SMILES string of the molecule is O=C(O)C(F)(F)F.O=C(O)C(F)(F)F.c1ccc(O[C@H]2CO[C@@]3(CCN(CC4CCOCC4)C3)C2)nc1. The summed E-state index contributed by atoms with van der Waals surface area (Å²) in [6.07, 6.45) is -3.75. The van der Waals surface area contributed by atoms with Gasteiger partial charge in [0.1, 0.15) is 6.10 Å². The zero-order chi connectivity index (χ0) is 27.7.